The van der Waals surface area contributed by atoms with Crippen LogP contribution in [0.2, 0.25) is 0 Å². The summed E-state index contributed by atoms with van der Waals surface area (Å²) in [7, 11) is 0. The number of alkyl halides is 2. The highest BCUT2D eigenvalue weighted by Crippen LogP contribution is 2.54. The molecule has 2 heterocycles. The highest BCUT2D eigenvalue weighted by Gasteiger charge is 2.62. The monoisotopic (exact) mass is 279 g/mol. The molecule has 3 fully saturated rings. The van der Waals surface area contributed by atoms with Crippen molar-refractivity contribution in [3.8, 4) is 0 Å². The Labute approximate surface area is 115 Å². The van der Waals surface area contributed by atoms with Crippen molar-refractivity contribution in [2.75, 3.05) is 6.61 Å². The number of hydrogen-bond donors (Lipinski definition) is 0. The Morgan fingerprint density at radius 1 is 1.20 bits per heavy atom. The van der Waals surface area contributed by atoms with E-state index in [9.17, 15) is 13.6 Å². The van der Waals surface area contributed by atoms with Crippen LogP contribution in [0.5, 0.6) is 0 Å². The predicted octanol–water partition coefficient (Wildman–Crippen LogP) is 2.59. The third-order valence-electron chi connectivity index (χ3n) is 4.76. The molecule has 2 aliphatic heterocycles. The molecule has 5 heteroatoms. The van der Waals surface area contributed by atoms with E-state index in [0.29, 0.717) is 6.61 Å². The van der Waals surface area contributed by atoms with Gasteiger partial charge in [-0.25, -0.2) is 8.78 Å². The van der Waals surface area contributed by atoms with Gasteiger partial charge in [0, 0.05) is 24.3 Å². The summed E-state index contributed by atoms with van der Waals surface area (Å²) in [6.45, 7) is 0.364. The summed E-state index contributed by atoms with van der Waals surface area (Å²) in [4.78, 5) is 14.1. The van der Waals surface area contributed by atoms with Gasteiger partial charge in [-0.1, -0.05) is 30.3 Å². The Kier molecular flexibility index (Phi) is 2.46. The van der Waals surface area contributed by atoms with E-state index in [1.165, 1.54) is 0 Å². The molecule has 3 aliphatic rings. The van der Waals surface area contributed by atoms with Gasteiger partial charge >= 0.3 is 0 Å². The lowest BCUT2D eigenvalue weighted by Gasteiger charge is -2.25. The van der Waals surface area contributed by atoms with E-state index in [1.807, 2.05) is 30.3 Å². The van der Waals surface area contributed by atoms with Gasteiger partial charge in [-0.3, -0.25) is 4.79 Å². The first kappa shape index (κ1) is 12.3. The molecule has 1 aromatic rings. The molecule has 4 rings (SSSR count). The van der Waals surface area contributed by atoms with Crippen molar-refractivity contribution in [1.29, 1.82) is 0 Å². The van der Waals surface area contributed by atoms with Crippen LogP contribution >= 0.6 is 0 Å². The van der Waals surface area contributed by atoms with Gasteiger partial charge in [0.25, 0.3) is 0 Å². The molecule has 20 heavy (non-hydrogen) atoms. The number of carbonyl (C=O) groups excluding carboxylic acids is 1. The first-order valence-corrected chi connectivity index (χ1v) is 6.93. The molecule has 1 aromatic carbocycles. The Morgan fingerprint density at radius 3 is 2.70 bits per heavy atom. The number of carbonyl (C=O) groups is 1. The maximum Gasteiger partial charge on any atom is 0.249 e. The van der Waals surface area contributed by atoms with Gasteiger partial charge < -0.3 is 9.64 Å². The van der Waals surface area contributed by atoms with Crippen molar-refractivity contribution >= 4 is 5.91 Å². The van der Waals surface area contributed by atoms with Gasteiger partial charge in [0.1, 0.15) is 0 Å². The largest absolute Gasteiger partial charge is 0.352 e. The molecule has 3 nitrogen and oxygen atoms in total. The zero-order chi connectivity index (χ0) is 13.9. The van der Waals surface area contributed by atoms with E-state index in [0.717, 1.165) is 5.56 Å². The van der Waals surface area contributed by atoms with Crippen molar-refractivity contribution in [2.45, 2.75) is 31.0 Å². The molecule has 0 bridgehead atoms. The molecular formula is C15H15F2NO2. The van der Waals surface area contributed by atoms with E-state index < -0.39 is 18.1 Å². The number of benzene rings is 1. The standard InChI is InChI=1S/C15H15F2NO2/c16-15(17)6-10-11(7-15)13(19)18-12(10)8-20-14(18)9-4-2-1-3-5-9/h1-5,10-12,14H,6-8H2/t10-,11?,12?,14?/m0/s1. The molecule has 3 unspecified atom stereocenters. The fourth-order valence-electron chi connectivity index (χ4n) is 3.92. The van der Waals surface area contributed by atoms with Crippen LogP contribution in [-0.2, 0) is 9.53 Å². The number of hydrogen-bond acceptors (Lipinski definition) is 2. The Balaban J connectivity index is 1.65. The second kappa shape index (κ2) is 4.01. The fourth-order valence-corrected chi connectivity index (χ4v) is 3.92. The van der Waals surface area contributed by atoms with Crippen LogP contribution < -0.4 is 0 Å². The van der Waals surface area contributed by atoms with Gasteiger partial charge in [0.2, 0.25) is 11.8 Å². The average Bonchev–Trinajstić information content (AvgIpc) is 3.04. The van der Waals surface area contributed by atoms with Crippen LogP contribution in [0.4, 0.5) is 8.78 Å². The van der Waals surface area contributed by atoms with E-state index in [4.69, 9.17) is 4.74 Å². The Bertz CT molecular complexity index is 548. The molecule has 1 aliphatic carbocycles. The molecule has 0 aromatic heterocycles. The van der Waals surface area contributed by atoms with E-state index in [2.05, 4.69) is 0 Å². The predicted molar refractivity (Wildman–Crippen MR) is 66.9 cm³/mol. The Hall–Kier alpha value is -1.49. The molecule has 2 saturated heterocycles. The average molecular weight is 279 g/mol. The maximum atomic E-state index is 13.5. The van der Waals surface area contributed by atoms with Gasteiger partial charge in [-0.2, -0.15) is 0 Å². The van der Waals surface area contributed by atoms with Gasteiger partial charge in [0.05, 0.1) is 12.6 Å². The highest BCUT2D eigenvalue weighted by atomic mass is 19.3. The van der Waals surface area contributed by atoms with E-state index in [-0.39, 0.29) is 30.7 Å². The number of fused-ring (bicyclic) bond motifs is 3. The molecule has 0 spiro atoms. The molecule has 0 radical (unpaired) electrons. The van der Waals surface area contributed by atoms with Crippen molar-refractivity contribution in [3.63, 3.8) is 0 Å². The minimum absolute atomic E-state index is 0.163. The quantitative estimate of drug-likeness (QED) is 0.791. The van der Waals surface area contributed by atoms with Gasteiger partial charge in [0.15, 0.2) is 6.23 Å². The number of rotatable bonds is 1. The molecule has 0 N–H and O–H groups in total. The smallest absolute Gasteiger partial charge is 0.249 e. The van der Waals surface area contributed by atoms with Crippen molar-refractivity contribution in [2.24, 2.45) is 11.8 Å². The summed E-state index contributed by atoms with van der Waals surface area (Å²) >= 11 is 0. The summed E-state index contributed by atoms with van der Waals surface area (Å²) in [6, 6.07) is 9.30. The van der Waals surface area contributed by atoms with Crippen molar-refractivity contribution in [1.82, 2.24) is 4.90 Å². The maximum absolute atomic E-state index is 13.5. The first-order chi connectivity index (χ1) is 9.57. The van der Waals surface area contributed by atoms with Crippen molar-refractivity contribution in [3.05, 3.63) is 35.9 Å². The van der Waals surface area contributed by atoms with E-state index in [1.54, 1.807) is 4.90 Å². The third-order valence-corrected chi connectivity index (χ3v) is 4.76. The lowest BCUT2D eigenvalue weighted by atomic mass is 9.94. The van der Waals surface area contributed by atoms with Crippen LogP contribution in [0, 0.1) is 11.8 Å². The van der Waals surface area contributed by atoms with Gasteiger partial charge in [-0.15, -0.1) is 0 Å². The van der Waals surface area contributed by atoms with Gasteiger partial charge in [-0.05, 0) is 5.92 Å². The van der Waals surface area contributed by atoms with Crippen LogP contribution in [0.3, 0.4) is 0 Å². The SMILES string of the molecule is O=C1C2CC(F)(F)C[C@@H]2C2COC(c3ccccc3)N12. The van der Waals surface area contributed by atoms with Crippen LogP contribution in [0.15, 0.2) is 30.3 Å². The normalized spacial score (nSPS) is 38.1. The minimum atomic E-state index is -2.69. The summed E-state index contributed by atoms with van der Waals surface area (Å²) in [5.41, 5.74) is 0.912. The second-order valence-electron chi connectivity index (χ2n) is 5.94. The second-order valence-corrected chi connectivity index (χ2v) is 5.94. The summed E-state index contributed by atoms with van der Waals surface area (Å²) in [6.07, 6.45) is -0.895. The van der Waals surface area contributed by atoms with Crippen molar-refractivity contribution < 1.29 is 18.3 Å². The summed E-state index contributed by atoms with van der Waals surface area (Å²) in [5.74, 6) is -3.64. The van der Waals surface area contributed by atoms with Crippen LogP contribution in [-0.4, -0.2) is 29.4 Å². The molecule has 4 atom stereocenters. The summed E-state index contributed by atoms with van der Waals surface area (Å²) < 4.78 is 32.7. The highest BCUT2D eigenvalue weighted by molar-refractivity contribution is 5.83. The fraction of sp³-hybridized carbons (Fsp3) is 0.533. The number of ether oxygens (including phenoxy) is 1. The molecule has 106 valence electrons. The zero-order valence-corrected chi connectivity index (χ0v) is 10.8. The molecular weight excluding hydrogens is 264 g/mol. The third kappa shape index (κ3) is 1.62. The topological polar surface area (TPSA) is 29.5 Å². The molecule has 1 saturated carbocycles. The number of nitrogens with zero attached hydrogens (tertiary/aromatic N) is 1. The number of amides is 1. The lowest BCUT2D eigenvalue weighted by Crippen LogP contribution is -2.35. The first-order valence-electron chi connectivity index (χ1n) is 6.93. The summed E-state index contributed by atoms with van der Waals surface area (Å²) in [5, 5.41) is 0. The Morgan fingerprint density at radius 2 is 1.95 bits per heavy atom. The number of halogens is 2. The van der Waals surface area contributed by atoms with E-state index >= 15 is 0 Å². The van der Waals surface area contributed by atoms with Crippen LogP contribution in [0.1, 0.15) is 24.6 Å². The van der Waals surface area contributed by atoms with Crippen LogP contribution in [0.25, 0.3) is 0 Å². The lowest BCUT2D eigenvalue weighted by molar-refractivity contribution is -0.139. The zero-order valence-electron chi connectivity index (χ0n) is 10.8. The minimum Gasteiger partial charge on any atom is -0.352 e. The molecule has 1 amide bonds.